The average molecular weight is 398 g/mol. The van der Waals surface area contributed by atoms with Gasteiger partial charge in [-0.2, -0.15) is 9.40 Å². The Hall–Kier alpha value is -1.45. The van der Waals surface area contributed by atoms with Crippen LogP contribution in [0.1, 0.15) is 38.1 Å². The van der Waals surface area contributed by atoms with E-state index in [1.807, 2.05) is 11.8 Å². The van der Waals surface area contributed by atoms with Crippen molar-refractivity contribution in [2.75, 3.05) is 32.7 Å². The summed E-state index contributed by atoms with van der Waals surface area (Å²) in [6.45, 7) is 11.1. The number of rotatable bonds is 5. The first kappa shape index (κ1) is 20.3. The van der Waals surface area contributed by atoms with Crippen molar-refractivity contribution in [3.63, 3.8) is 0 Å². The molecule has 9 heteroatoms. The average Bonchev–Trinajstić information content (AvgIpc) is 2.89. The highest BCUT2D eigenvalue weighted by atomic mass is 32.2. The molecule has 2 fully saturated rings. The number of piperidine rings is 1. The van der Waals surface area contributed by atoms with Crippen molar-refractivity contribution in [1.82, 2.24) is 24.3 Å². The Bertz CT molecular complexity index is 802. The summed E-state index contributed by atoms with van der Waals surface area (Å²) in [4.78, 5) is 14.4. The molecule has 2 aliphatic rings. The molecule has 0 aliphatic carbocycles. The molecule has 27 heavy (non-hydrogen) atoms. The lowest BCUT2D eigenvalue weighted by molar-refractivity contribution is -0.135. The summed E-state index contributed by atoms with van der Waals surface area (Å²) in [6.07, 6.45) is 1.61. The zero-order chi connectivity index (χ0) is 19.8. The Labute approximate surface area is 161 Å². The van der Waals surface area contributed by atoms with Crippen molar-refractivity contribution in [2.24, 2.45) is 5.92 Å². The van der Waals surface area contributed by atoms with Crippen molar-refractivity contribution in [3.8, 4) is 0 Å². The summed E-state index contributed by atoms with van der Waals surface area (Å²) in [7, 11) is -3.63. The zero-order valence-electron chi connectivity index (χ0n) is 16.7. The van der Waals surface area contributed by atoms with Crippen molar-refractivity contribution < 1.29 is 13.2 Å². The number of hydrogen-bond acceptors (Lipinski definition) is 5. The van der Waals surface area contributed by atoms with Crippen LogP contribution in [0.15, 0.2) is 4.90 Å². The minimum absolute atomic E-state index is 0.0468. The second-order valence-electron chi connectivity index (χ2n) is 8.00. The fourth-order valence-corrected chi connectivity index (χ4v) is 6.00. The van der Waals surface area contributed by atoms with E-state index in [-0.39, 0.29) is 11.9 Å². The first-order valence-corrected chi connectivity index (χ1v) is 11.2. The standard InChI is InChI=1S/C18H31N5O3S/c1-13(2)11-23-15(4)18(14(3)20-23)27(25,26)21-8-5-6-16(12-21)22-9-7-19-10-17(22)24/h13,16,19H,5-12H2,1-4H3. The van der Waals surface area contributed by atoms with E-state index in [1.165, 1.54) is 0 Å². The van der Waals surface area contributed by atoms with Gasteiger partial charge in [0.25, 0.3) is 0 Å². The van der Waals surface area contributed by atoms with Crippen molar-refractivity contribution >= 4 is 15.9 Å². The highest BCUT2D eigenvalue weighted by molar-refractivity contribution is 7.89. The Balaban J connectivity index is 1.84. The largest absolute Gasteiger partial charge is 0.336 e. The van der Waals surface area contributed by atoms with Crippen LogP contribution in [0.3, 0.4) is 0 Å². The molecule has 1 amide bonds. The molecule has 152 valence electrons. The molecule has 1 unspecified atom stereocenters. The van der Waals surface area contributed by atoms with E-state index < -0.39 is 10.0 Å². The number of aryl methyl sites for hydroxylation is 1. The normalized spacial score (nSPS) is 22.6. The maximum absolute atomic E-state index is 13.4. The third-order valence-corrected chi connectivity index (χ3v) is 7.50. The molecule has 0 bridgehead atoms. The molecule has 8 nitrogen and oxygen atoms in total. The minimum atomic E-state index is -3.63. The Kier molecular flexibility index (Phi) is 5.93. The first-order chi connectivity index (χ1) is 12.7. The van der Waals surface area contributed by atoms with Crippen molar-refractivity contribution in [3.05, 3.63) is 11.4 Å². The number of hydrogen-bond donors (Lipinski definition) is 1. The van der Waals surface area contributed by atoms with Crippen LogP contribution in [0, 0.1) is 19.8 Å². The molecular weight excluding hydrogens is 366 g/mol. The van der Waals surface area contributed by atoms with Gasteiger partial charge in [0.05, 0.1) is 17.9 Å². The van der Waals surface area contributed by atoms with Crippen LogP contribution in [-0.2, 0) is 21.4 Å². The van der Waals surface area contributed by atoms with E-state index in [0.29, 0.717) is 54.9 Å². The van der Waals surface area contributed by atoms with Crippen LogP contribution in [-0.4, -0.2) is 72.1 Å². The highest BCUT2D eigenvalue weighted by Crippen LogP contribution is 2.28. The smallest absolute Gasteiger partial charge is 0.246 e. The van der Waals surface area contributed by atoms with Gasteiger partial charge in [0.1, 0.15) is 4.90 Å². The van der Waals surface area contributed by atoms with Gasteiger partial charge in [-0.3, -0.25) is 9.48 Å². The quantitative estimate of drug-likeness (QED) is 0.792. The molecule has 1 aromatic heterocycles. The third kappa shape index (κ3) is 4.05. The van der Waals surface area contributed by atoms with Gasteiger partial charge < -0.3 is 10.2 Å². The molecule has 3 rings (SSSR count). The topological polar surface area (TPSA) is 87.5 Å². The van der Waals surface area contributed by atoms with Gasteiger partial charge in [0.2, 0.25) is 15.9 Å². The predicted octanol–water partition coefficient (Wildman–Crippen LogP) is 0.741. The van der Waals surface area contributed by atoms with Gasteiger partial charge in [-0.25, -0.2) is 8.42 Å². The second-order valence-corrected chi connectivity index (χ2v) is 9.87. The lowest BCUT2D eigenvalue weighted by Gasteiger charge is -2.40. The molecule has 1 aromatic rings. The molecule has 1 atom stereocenters. The Morgan fingerprint density at radius 2 is 2.00 bits per heavy atom. The van der Waals surface area contributed by atoms with Crippen molar-refractivity contribution in [1.29, 1.82) is 0 Å². The van der Waals surface area contributed by atoms with Crippen molar-refractivity contribution in [2.45, 2.75) is 58.0 Å². The Morgan fingerprint density at radius 1 is 1.26 bits per heavy atom. The van der Waals surface area contributed by atoms with Crippen LogP contribution >= 0.6 is 0 Å². The molecule has 0 radical (unpaired) electrons. The molecule has 0 saturated carbocycles. The maximum Gasteiger partial charge on any atom is 0.246 e. The van der Waals surface area contributed by atoms with Gasteiger partial charge in [-0.05, 0) is 32.6 Å². The first-order valence-electron chi connectivity index (χ1n) is 9.76. The van der Waals surface area contributed by atoms with Crippen LogP contribution < -0.4 is 5.32 Å². The second kappa shape index (κ2) is 7.89. The highest BCUT2D eigenvalue weighted by Gasteiger charge is 2.37. The van der Waals surface area contributed by atoms with Gasteiger partial charge >= 0.3 is 0 Å². The zero-order valence-corrected chi connectivity index (χ0v) is 17.5. The fourth-order valence-electron chi connectivity index (χ4n) is 4.11. The molecule has 2 aliphatic heterocycles. The van der Waals surface area contributed by atoms with Crippen LogP contribution in [0.5, 0.6) is 0 Å². The van der Waals surface area contributed by atoms with E-state index in [2.05, 4.69) is 24.3 Å². The number of carbonyl (C=O) groups is 1. The molecular formula is C18H31N5O3S. The van der Waals surface area contributed by atoms with Crippen LogP contribution in [0.2, 0.25) is 0 Å². The Morgan fingerprint density at radius 3 is 2.67 bits per heavy atom. The van der Waals surface area contributed by atoms with Gasteiger partial charge in [0, 0.05) is 38.8 Å². The number of aromatic nitrogens is 2. The molecule has 0 spiro atoms. The number of nitrogens with zero attached hydrogens (tertiary/aromatic N) is 4. The van der Waals surface area contributed by atoms with E-state index in [4.69, 9.17) is 0 Å². The summed E-state index contributed by atoms with van der Waals surface area (Å²) in [5.41, 5.74) is 1.25. The summed E-state index contributed by atoms with van der Waals surface area (Å²) >= 11 is 0. The summed E-state index contributed by atoms with van der Waals surface area (Å²) in [6, 6.07) is -0.0468. The minimum Gasteiger partial charge on any atom is -0.336 e. The molecule has 2 saturated heterocycles. The third-order valence-electron chi connectivity index (χ3n) is 5.38. The number of carbonyl (C=O) groups excluding carboxylic acids is 1. The lowest BCUT2D eigenvalue weighted by Crippen LogP contribution is -2.57. The number of piperazine rings is 1. The molecule has 1 N–H and O–H groups in total. The number of amides is 1. The van der Waals surface area contributed by atoms with Crippen LogP contribution in [0.25, 0.3) is 0 Å². The van der Waals surface area contributed by atoms with E-state index >= 15 is 0 Å². The van der Waals surface area contributed by atoms with Gasteiger partial charge in [-0.15, -0.1) is 0 Å². The predicted molar refractivity (Wildman–Crippen MR) is 103 cm³/mol. The van der Waals surface area contributed by atoms with Gasteiger partial charge in [0.15, 0.2) is 0 Å². The van der Waals surface area contributed by atoms with E-state index in [1.54, 1.807) is 15.9 Å². The lowest BCUT2D eigenvalue weighted by atomic mass is 10.1. The maximum atomic E-state index is 13.4. The molecule has 3 heterocycles. The number of nitrogens with one attached hydrogen (secondary N) is 1. The van der Waals surface area contributed by atoms with Gasteiger partial charge in [-0.1, -0.05) is 13.8 Å². The van der Waals surface area contributed by atoms with Crippen LogP contribution in [0.4, 0.5) is 0 Å². The van der Waals surface area contributed by atoms with E-state index in [9.17, 15) is 13.2 Å². The van der Waals surface area contributed by atoms with E-state index in [0.717, 1.165) is 19.4 Å². The number of sulfonamides is 1. The SMILES string of the molecule is Cc1nn(CC(C)C)c(C)c1S(=O)(=O)N1CCCC(N2CCNCC2=O)C1. The fraction of sp³-hybridized carbons (Fsp3) is 0.778. The summed E-state index contributed by atoms with van der Waals surface area (Å²) in [5, 5.41) is 7.54. The molecule has 0 aromatic carbocycles. The summed E-state index contributed by atoms with van der Waals surface area (Å²) < 4.78 is 30.1. The summed E-state index contributed by atoms with van der Waals surface area (Å²) in [5.74, 6) is 0.444. The monoisotopic (exact) mass is 397 g/mol.